The van der Waals surface area contributed by atoms with E-state index in [1.807, 2.05) is 0 Å². The SMILES string of the molecule is NCCCC(=O)Cc1ccoc1. The van der Waals surface area contributed by atoms with Gasteiger partial charge in [0, 0.05) is 12.8 Å². The van der Waals surface area contributed by atoms with E-state index >= 15 is 0 Å². The van der Waals surface area contributed by atoms with E-state index in [0.717, 1.165) is 12.0 Å². The van der Waals surface area contributed by atoms with Crippen LogP contribution in [0.25, 0.3) is 0 Å². The minimum atomic E-state index is 0.224. The van der Waals surface area contributed by atoms with Crippen molar-refractivity contribution in [2.45, 2.75) is 19.3 Å². The molecule has 0 saturated heterocycles. The largest absolute Gasteiger partial charge is 0.472 e. The highest BCUT2D eigenvalue weighted by atomic mass is 16.3. The van der Waals surface area contributed by atoms with Crippen LogP contribution in [0.2, 0.25) is 0 Å². The predicted octanol–water partition coefficient (Wildman–Crippen LogP) is 1.13. The fourth-order valence-corrected chi connectivity index (χ4v) is 1.01. The molecule has 0 unspecified atom stereocenters. The van der Waals surface area contributed by atoms with Crippen LogP contribution in [0.5, 0.6) is 0 Å². The van der Waals surface area contributed by atoms with Gasteiger partial charge in [-0.3, -0.25) is 4.79 Å². The lowest BCUT2D eigenvalue weighted by Crippen LogP contribution is -2.06. The number of ketones is 1. The van der Waals surface area contributed by atoms with E-state index in [1.54, 1.807) is 18.6 Å². The van der Waals surface area contributed by atoms with Crippen LogP contribution in [0.15, 0.2) is 23.0 Å². The van der Waals surface area contributed by atoms with Gasteiger partial charge in [-0.15, -0.1) is 0 Å². The van der Waals surface area contributed by atoms with Crippen LogP contribution < -0.4 is 5.73 Å². The Morgan fingerprint density at radius 3 is 3.00 bits per heavy atom. The molecule has 1 heterocycles. The maximum Gasteiger partial charge on any atom is 0.137 e. The maximum absolute atomic E-state index is 11.2. The first-order chi connectivity index (χ1) is 5.83. The summed E-state index contributed by atoms with van der Waals surface area (Å²) in [6.07, 6.45) is 4.99. The van der Waals surface area contributed by atoms with E-state index in [2.05, 4.69) is 0 Å². The molecule has 0 atom stereocenters. The Morgan fingerprint density at radius 2 is 2.42 bits per heavy atom. The summed E-state index contributed by atoms with van der Waals surface area (Å²) >= 11 is 0. The fourth-order valence-electron chi connectivity index (χ4n) is 1.01. The molecule has 66 valence electrons. The standard InChI is InChI=1S/C9H13NO2/c10-4-1-2-9(11)6-8-3-5-12-7-8/h3,5,7H,1-2,4,6,10H2. The molecule has 3 nitrogen and oxygen atoms in total. The Kier molecular flexibility index (Phi) is 3.54. The van der Waals surface area contributed by atoms with Gasteiger partial charge >= 0.3 is 0 Å². The van der Waals surface area contributed by atoms with Crippen molar-refractivity contribution in [2.24, 2.45) is 5.73 Å². The van der Waals surface area contributed by atoms with Crippen molar-refractivity contribution in [2.75, 3.05) is 6.54 Å². The molecule has 0 bridgehead atoms. The molecular weight excluding hydrogens is 154 g/mol. The Morgan fingerprint density at radius 1 is 1.58 bits per heavy atom. The quantitative estimate of drug-likeness (QED) is 0.715. The van der Waals surface area contributed by atoms with E-state index in [-0.39, 0.29) is 5.78 Å². The molecule has 1 rings (SSSR count). The normalized spacial score (nSPS) is 10.1. The monoisotopic (exact) mass is 167 g/mol. The van der Waals surface area contributed by atoms with Gasteiger partial charge in [0.1, 0.15) is 5.78 Å². The summed E-state index contributed by atoms with van der Waals surface area (Å²) in [6, 6.07) is 1.81. The van der Waals surface area contributed by atoms with Crippen LogP contribution in [-0.4, -0.2) is 12.3 Å². The lowest BCUT2D eigenvalue weighted by Gasteiger charge is -1.95. The zero-order valence-corrected chi connectivity index (χ0v) is 6.95. The summed E-state index contributed by atoms with van der Waals surface area (Å²) in [5.74, 6) is 0.224. The summed E-state index contributed by atoms with van der Waals surface area (Å²) < 4.78 is 4.84. The van der Waals surface area contributed by atoms with Gasteiger partial charge < -0.3 is 10.2 Å². The van der Waals surface area contributed by atoms with E-state index < -0.39 is 0 Å². The topological polar surface area (TPSA) is 56.2 Å². The number of Topliss-reactive ketones (excluding diaryl/α,β-unsaturated/α-hetero) is 1. The van der Waals surface area contributed by atoms with Gasteiger partial charge in [0.2, 0.25) is 0 Å². The van der Waals surface area contributed by atoms with Crippen molar-refractivity contribution in [3.63, 3.8) is 0 Å². The van der Waals surface area contributed by atoms with Crippen LogP contribution in [0, 0.1) is 0 Å². The first-order valence-corrected chi connectivity index (χ1v) is 4.06. The lowest BCUT2D eigenvalue weighted by molar-refractivity contribution is -0.118. The molecule has 0 aliphatic rings. The Bertz CT molecular complexity index is 229. The molecule has 12 heavy (non-hydrogen) atoms. The summed E-state index contributed by atoms with van der Waals surface area (Å²) in [6.45, 7) is 0.580. The fraction of sp³-hybridized carbons (Fsp3) is 0.444. The molecule has 2 N–H and O–H groups in total. The molecule has 0 saturated carbocycles. The van der Waals surface area contributed by atoms with Crippen LogP contribution in [-0.2, 0) is 11.2 Å². The number of hydrogen-bond donors (Lipinski definition) is 1. The molecule has 0 radical (unpaired) electrons. The number of nitrogens with two attached hydrogens (primary N) is 1. The number of carbonyl (C=O) groups is 1. The van der Waals surface area contributed by atoms with Crippen LogP contribution in [0.1, 0.15) is 18.4 Å². The predicted molar refractivity (Wildman–Crippen MR) is 45.7 cm³/mol. The van der Waals surface area contributed by atoms with E-state index in [9.17, 15) is 4.79 Å². The highest BCUT2D eigenvalue weighted by Crippen LogP contribution is 2.03. The number of carbonyl (C=O) groups excluding carboxylic acids is 1. The summed E-state index contributed by atoms with van der Waals surface area (Å²) in [7, 11) is 0. The molecule has 0 fully saturated rings. The third kappa shape index (κ3) is 2.88. The van der Waals surface area contributed by atoms with Crippen molar-refractivity contribution in [1.82, 2.24) is 0 Å². The highest BCUT2D eigenvalue weighted by Gasteiger charge is 2.03. The van der Waals surface area contributed by atoms with Crippen molar-refractivity contribution in [3.8, 4) is 0 Å². The summed E-state index contributed by atoms with van der Waals surface area (Å²) in [4.78, 5) is 11.2. The minimum Gasteiger partial charge on any atom is -0.472 e. The maximum atomic E-state index is 11.2. The molecule has 0 aromatic carbocycles. The lowest BCUT2D eigenvalue weighted by atomic mass is 10.1. The second-order valence-corrected chi connectivity index (χ2v) is 2.74. The van der Waals surface area contributed by atoms with Crippen LogP contribution in [0.4, 0.5) is 0 Å². The Balaban J connectivity index is 2.27. The Labute approximate surface area is 71.6 Å². The second-order valence-electron chi connectivity index (χ2n) is 2.74. The van der Waals surface area contributed by atoms with Crippen LogP contribution >= 0.6 is 0 Å². The average Bonchev–Trinajstić information content (AvgIpc) is 2.53. The number of furan rings is 1. The zero-order chi connectivity index (χ0) is 8.81. The zero-order valence-electron chi connectivity index (χ0n) is 6.95. The van der Waals surface area contributed by atoms with Gasteiger partial charge in [0.05, 0.1) is 12.5 Å². The molecule has 0 amide bonds. The molecule has 0 aliphatic heterocycles. The van der Waals surface area contributed by atoms with E-state index in [0.29, 0.717) is 19.4 Å². The van der Waals surface area contributed by atoms with Crippen LogP contribution in [0.3, 0.4) is 0 Å². The van der Waals surface area contributed by atoms with Crippen molar-refractivity contribution in [3.05, 3.63) is 24.2 Å². The van der Waals surface area contributed by atoms with Crippen molar-refractivity contribution < 1.29 is 9.21 Å². The van der Waals surface area contributed by atoms with Gasteiger partial charge in [-0.2, -0.15) is 0 Å². The first-order valence-electron chi connectivity index (χ1n) is 4.06. The minimum absolute atomic E-state index is 0.224. The van der Waals surface area contributed by atoms with E-state index in [4.69, 9.17) is 10.2 Å². The molecular formula is C9H13NO2. The van der Waals surface area contributed by atoms with E-state index in [1.165, 1.54) is 0 Å². The van der Waals surface area contributed by atoms with Gasteiger partial charge in [-0.1, -0.05) is 0 Å². The molecule has 1 aromatic rings. The van der Waals surface area contributed by atoms with Gasteiger partial charge in [-0.25, -0.2) is 0 Å². The summed E-state index contributed by atoms with van der Waals surface area (Å²) in [5.41, 5.74) is 6.22. The van der Waals surface area contributed by atoms with Crippen molar-refractivity contribution >= 4 is 5.78 Å². The summed E-state index contributed by atoms with van der Waals surface area (Å²) in [5, 5.41) is 0. The number of rotatable bonds is 5. The van der Waals surface area contributed by atoms with Crippen molar-refractivity contribution in [1.29, 1.82) is 0 Å². The van der Waals surface area contributed by atoms with Gasteiger partial charge in [-0.05, 0) is 24.6 Å². The molecule has 0 spiro atoms. The molecule has 0 aliphatic carbocycles. The third-order valence-corrected chi connectivity index (χ3v) is 1.64. The highest BCUT2D eigenvalue weighted by molar-refractivity contribution is 5.80. The number of hydrogen-bond acceptors (Lipinski definition) is 3. The second kappa shape index (κ2) is 4.72. The molecule has 1 aromatic heterocycles. The van der Waals surface area contributed by atoms with Gasteiger partial charge in [0.15, 0.2) is 0 Å². The smallest absolute Gasteiger partial charge is 0.137 e. The third-order valence-electron chi connectivity index (χ3n) is 1.64. The molecule has 3 heteroatoms. The first kappa shape index (κ1) is 9.00. The Hall–Kier alpha value is -1.09. The average molecular weight is 167 g/mol. The van der Waals surface area contributed by atoms with Gasteiger partial charge in [0.25, 0.3) is 0 Å².